The van der Waals surface area contributed by atoms with Crippen LogP contribution in [-0.2, 0) is 4.79 Å². The summed E-state index contributed by atoms with van der Waals surface area (Å²) in [6.07, 6.45) is 1.25. The predicted octanol–water partition coefficient (Wildman–Crippen LogP) is 1.57. The molecule has 0 aliphatic carbocycles. The highest BCUT2D eigenvalue weighted by Crippen LogP contribution is 2.20. The van der Waals surface area contributed by atoms with Gasteiger partial charge < -0.3 is 15.1 Å². The number of hydrogen-bond acceptors (Lipinski definition) is 2. The van der Waals surface area contributed by atoms with Crippen LogP contribution >= 0.6 is 0 Å². The van der Waals surface area contributed by atoms with E-state index in [1.165, 1.54) is 6.42 Å². The van der Waals surface area contributed by atoms with Gasteiger partial charge in [-0.05, 0) is 25.2 Å². The maximum absolute atomic E-state index is 11.8. The molecule has 1 amide bonds. The summed E-state index contributed by atoms with van der Waals surface area (Å²) in [5.41, 5.74) is 1.06. The molecular formula is C16H30N4O. The lowest BCUT2D eigenvalue weighted by Gasteiger charge is -2.37. The van der Waals surface area contributed by atoms with Crippen LogP contribution < -0.4 is 5.32 Å². The maximum atomic E-state index is 11.8. The average molecular weight is 294 g/mol. The van der Waals surface area contributed by atoms with E-state index >= 15 is 0 Å². The number of guanidine groups is 1. The molecule has 120 valence electrons. The van der Waals surface area contributed by atoms with Gasteiger partial charge in [-0.15, -0.1) is 0 Å². The Labute approximate surface area is 129 Å². The van der Waals surface area contributed by atoms with Crippen LogP contribution in [0.1, 0.15) is 27.2 Å². The van der Waals surface area contributed by atoms with Crippen LogP contribution in [0.25, 0.3) is 0 Å². The zero-order valence-electron chi connectivity index (χ0n) is 14.1. The number of nitrogens with zero attached hydrogens (tertiary/aromatic N) is 3. The number of carbonyl (C=O) groups excluding carboxylic acids is 1. The van der Waals surface area contributed by atoms with Crippen molar-refractivity contribution < 1.29 is 4.79 Å². The number of carbonyl (C=O) groups is 1. The molecule has 5 nitrogen and oxygen atoms in total. The number of likely N-dealkylation sites (tertiary alicyclic amines) is 1. The molecule has 0 aromatic rings. The van der Waals surface area contributed by atoms with E-state index in [1.54, 1.807) is 19.0 Å². The normalized spacial score (nSPS) is 22.9. The van der Waals surface area contributed by atoms with Crippen molar-refractivity contribution in [1.29, 1.82) is 0 Å². The lowest BCUT2D eigenvalue weighted by Crippen LogP contribution is -2.49. The summed E-state index contributed by atoms with van der Waals surface area (Å²) >= 11 is 0. The maximum Gasteiger partial charge on any atom is 0.243 e. The fourth-order valence-corrected chi connectivity index (χ4v) is 2.62. The zero-order valence-corrected chi connectivity index (χ0v) is 14.1. The second-order valence-corrected chi connectivity index (χ2v) is 6.59. The fraction of sp³-hybridized carbons (Fsp3) is 0.750. The Balaban J connectivity index is 2.77. The predicted molar refractivity (Wildman–Crippen MR) is 88.3 cm³/mol. The Bertz CT molecular complexity index is 393. The van der Waals surface area contributed by atoms with Gasteiger partial charge in [-0.25, -0.2) is 4.99 Å². The zero-order chi connectivity index (χ0) is 16.0. The van der Waals surface area contributed by atoms with Crippen molar-refractivity contribution in [2.24, 2.45) is 16.8 Å². The van der Waals surface area contributed by atoms with Crippen LogP contribution in [0.15, 0.2) is 17.1 Å². The molecule has 0 saturated carbocycles. The van der Waals surface area contributed by atoms with Crippen LogP contribution in [0.4, 0.5) is 0 Å². The molecule has 2 unspecified atom stereocenters. The Morgan fingerprint density at radius 1 is 1.33 bits per heavy atom. The molecule has 1 fully saturated rings. The van der Waals surface area contributed by atoms with Crippen LogP contribution in [0.2, 0.25) is 0 Å². The van der Waals surface area contributed by atoms with Gasteiger partial charge in [0.2, 0.25) is 5.91 Å². The van der Waals surface area contributed by atoms with Gasteiger partial charge in [0, 0.05) is 33.7 Å². The van der Waals surface area contributed by atoms with Crippen LogP contribution in [0.3, 0.4) is 0 Å². The van der Waals surface area contributed by atoms with Crippen LogP contribution in [0, 0.1) is 11.8 Å². The molecule has 2 atom stereocenters. The van der Waals surface area contributed by atoms with Gasteiger partial charge in [-0.1, -0.05) is 26.0 Å². The van der Waals surface area contributed by atoms with Crippen LogP contribution in [-0.4, -0.2) is 61.9 Å². The highest BCUT2D eigenvalue weighted by Gasteiger charge is 2.24. The molecule has 0 aromatic heterocycles. The van der Waals surface area contributed by atoms with E-state index in [-0.39, 0.29) is 12.5 Å². The van der Waals surface area contributed by atoms with E-state index in [9.17, 15) is 4.79 Å². The summed E-state index contributed by atoms with van der Waals surface area (Å²) in [6.45, 7) is 13.3. The lowest BCUT2D eigenvalue weighted by atomic mass is 9.92. The molecule has 1 aliphatic heterocycles. The SMILES string of the molecule is C=C(C)CNC(=NCC(=O)N(C)C)N1CC(C)CC(C)C1. The summed E-state index contributed by atoms with van der Waals surface area (Å²) in [6, 6.07) is 0. The summed E-state index contributed by atoms with van der Waals surface area (Å²) in [5, 5.41) is 3.33. The second kappa shape index (κ2) is 8.05. The van der Waals surface area contributed by atoms with Gasteiger partial charge in [-0.3, -0.25) is 4.79 Å². The number of rotatable bonds is 4. The highest BCUT2D eigenvalue weighted by atomic mass is 16.2. The molecule has 1 saturated heterocycles. The number of likely N-dealkylation sites (N-methyl/N-ethyl adjacent to an activating group) is 1. The molecule has 5 heteroatoms. The van der Waals surface area contributed by atoms with E-state index in [4.69, 9.17) is 0 Å². The first-order valence-corrected chi connectivity index (χ1v) is 7.67. The molecule has 1 N–H and O–H groups in total. The molecule has 1 rings (SSSR count). The highest BCUT2D eigenvalue weighted by molar-refractivity contribution is 5.85. The number of nitrogens with one attached hydrogen (secondary N) is 1. The minimum atomic E-state index is 0.0164. The molecule has 0 aromatic carbocycles. The second-order valence-electron chi connectivity index (χ2n) is 6.59. The average Bonchev–Trinajstić information content (AvgIpc) is 2.36. The first-order valence-electron chi connectivity index (χ1n) is 7.67. The Kier molecular flexibility index (Phi) is 6.72. The fourth-order valence-electron chi connectivity index (χ4n) is 2.62. The van der Waals surface area contributed by atoms with E-state index in [1.807, 2.05) is 6.92 Å². The standard InChI is InChI=1S/C16H30N4O/c1-12(2)8-17-16(18-9-15(21)19(5)6)20-10-13(3)7-14(4)11-20/h13-14H,1,7-11H2,2-6H3,(H,17,18). The minimum absolute atomic E-state index is 0.0164. The third kappa shape index (κ3) is 6.19. The molecule has 0 bridgehead atoms. The number of aliphatic imine (C=N–C) groups is 1. The molecular weight excluding hydrogens is 264 g/mol. The topological polar surface area (TPSA) is 47.9 Å². The molecule has 1 aliphatic rings. The van der Waals surface area contributed by atoms with Crippen molar-refractivity contribution in [3.63, 3.8) is 0 Å². The van der Waals surface area contributed by atoms with E-state index < -0.39 is 0 Å². The molecule has 21 heavy (non-hydrogen) atoms. The Hall–Kier alpha value is -1.52. The van der Waals surface area contributed by atoms with Gasteiger partial charge in [0.15, 0.2) is 5.96 Å². The molecule has 1 heterocycles. The Morgan fingerprint density at radius 2 is 1.90 bits per heavy atom. The van der Waals surface area contributed by atoms with Crippen molar-refractivity contribution >= 4 is 11.9 Å². The van der Waals surface area contributed by atoms with Crippen molar-refractivity contribution in [1.82, 2.24) is 15.1 Å². The third-order valence-corrected chi connectivity index (χ3v) is 3.58. The Morgan fingerprint density at radius 3 is 2.38 bits per heavy atom. The largest absolute Gasteiger partial charge is 0.353 e. The van der Waals surface area contributed by atoms with Gasteiger partial charge in [0.25, 0.3) is 0 Å². The van der Waals surface area contributed by atoms with E-state index in [0.717, 1.165) is 24.6 Å². The van der Waals surface area contributed by atoms with Gasteiger partial charge >= 0.3 is 0 Å². The van der Waals surface area contributed by atoms with Crippen molar-refractivity contribution in [2.45, 2.75) is 27.2 Å². The van der Waals surface area contributed by atoms with Crippen molar-refractivity contribution in [3.8, 4) is 0 Å². The first-order chi connectivity index (χ1) is 9.79. The monoisotopic (exact) mass is 294 g/mol. The van der Waals surface area contributed by atoms with E-state index in [2.05, 4.69) is 35.6 Å². The number of piperidine rings is 1. The quantitative estimate of drug-likeness (QED) is 0.486. The molecule has 0 spiro atoms. The summed E-state index contributed by atoms with van der Waals surface area (Å²) in [5.74, 6) is 2.14. The third-order valence-electron chi connectivity index (χ3n) is 3.58. The summed E-state index contributed by atoms with van der Waals surface area (Å²) in [4.78, 5) is 20.1. The van der Waals surface area contributed by atoms with Crippen molar-refractivity contribution in [2.75, 3.05) is 40.3 Å². The van der Waals surface area contributed by atoms with Gasteiger partial charge in [-0.2, -0.15) is 0 Å². The van der Waals surface area contributed by atoms with Crippen LogP contribution in [0.5, 0.6) is 0 Å². The first kappa shape index (κ1) is 17.5. The van der Waals surface area contributed by atoms with Gasteiger partial charge in [0.05, 0.1) is 0 Å². The number of hydrogen-bond donors (Lipinski definition) is 1. The minimum Gasteiger partial charge on any atom is -0.353 e. The summed E-state index contributed by atoms with van der Waals surface area (Å²) in [7, 11) is 3.51. The van der Waals surface area contributed by atoms with Crippen molar-refractivity contribution in [3.05, 3.63) is 12.2 Å². The smallest absolute Gasteiger partial charge is 0.243 e. The van der Waals surface area contributed by atoms with E-state index in [0.29, 0.717) is 18.4 Å². The molecule has 0 radical (unpaired) electrons. The summed E-state index contributed by atoms with van der Waals surface area (Å²) < 4.78 is 0. The number of amides is 1. The van der Waals surface area contributed by atoms with Gasteiger partial charge in [0.1, 0.15) is 6.54 Å². The lowest BCUT2D eigenvalue weighted by molar-refractivity contribution is -0.127.